The molecule has 1 aliphatic rings. The Morgan fingerprint density at radius 1 is 1.30 bits per heavy atom. The van der Waals surface area contributed by atoms with Gasteiger partial charge >= 0.3 is 6.18 Å². The second kappa shape index (κ2) is 6.43. The van der Waals surface area contributed by atoms with E-state index >= 15 is 0 Å². The van der Waals surface area contributed by atoms with Crippen molar-refractivity contribution in [3.63, 3.8) is 0 Å². The molecule has 1 saturated heterocycles. The number of alkyl halides is 3. The van der Waals surface area contributed by atoms with Gasteiger partial charge in [-0.2, -0.15) is 13.2 Å². The molecule has 2 rings (SSSR count). The molecule has 3 nitrogen and oxygen atoms in total. The van der Waals surface area contributed by atoms with Gasteiger partial charge in [-0.15, -0.1) is 0 Å². The SMILES string of the molecule is CC(CN1CCCCC1)Nc1cc(C(F)(F)F)ccn1. The van der Waals surface area contributed by atoms with E-state index in [1.54, 1.807) is 0 Å². The van der Waals surface area contributed by atoms with Crippen molar-refractivity contribution >= 4 is 5.82 Å². The molecular formula is C14H20F3N3. The molecule has 1 aromatic heterocycles. The van der Waals surface area contributed by atoms with Crippen LogP contribution < -0.4 is 5.32 Å². The summed E-state index contributed by atoms with van der Waals surface area (Å²) < 4.78 is 37.8. The van der Waals surface area contributed by atoms with Gasteiger partial charge in [0.1, 0.15) is 5.82 Å². The summed E-state index contributed by atoms with van der Waals surface area (Å²) in [4.78, 5) is 6.30. The van der Waals surface area contributed by atoms with Crippen molar-refractivity contribution in [1.29, 1.82) is 0 Å². The van der Waals surface area contributed by atoms with E-state index in [-0.39, 0.29) is 11.9 Å². The zero-order chi connectivity index (χ0) is 14.6. The maximum Gasteiger partial charge on any atom is 0.416 e. The molecule has 20 heavy (non-hydrogen) atoms. The van der Waals surface area contributed by atoms with Gasteiger partial charge in [-0.25, -0.2) is 4.98 Å². The van der Waals surface area contributed by atoms with Crippen LogP contribution in [0, 0.1) is 0 Å². The summed E-state index contributed by atoms with van der Waals surface area (Å²) in [6.07, 6.45) is 0.546. The Labute approximate surface area is 117 Å². The van der Waals surface area contributed by atoms with Crippen LogP contribution in [0.25, 0.3) is 0 Å². The lowest BCUT2D eigenvalue weighted by atomic mass is 10.1. The molecule has 1 fully saturated rings. The molecule has 0 amide bonds. The van der Waals surface area contributed by atoms with Gasteiger partial charge in [-0.05, 0) is 45.0 Å². The first kappa shape index (κ1) is 15.1. The molecular weight excluding hydrogens is 267 g/mol. The average Bonchev–Trinajstić information content (AvgIpc) is 2.39. The van der Waals surface area contributed by atoms with Crippen LogP contribution in [-0.2, 0) is 6.18 Å². The van der Waals surface area contributed by atoms with Crippen molar-refractivity contribution in [3.8, 4) is 0 Å². The van der Waals surface area contributed by atoms with Crippen LogP contribution in [0.5, 0.6) is 0 Å². The van der Waals surface area contributed by atoms with Crippen molar-refractivity contribution in [2.75, 3.05) is 25.0 Å². The molecule has 2 heterocycles. The summed E-state index contributed by atoms with van der Waals surface area (Å²) in [6, 6.07) is 2.12. The Bertz CT molecular complexity index is 428. The number of aromatic nitrogens is 1. The summed E-state index contributed by atoms with van der Waals surface area (Å²) in [5.41, 5.74) is -0.667. The van der Waals surface area contributed by atoms with Gasteiger partial charge in [-0.3, -0.25) is 0 Å². The first-order valence-electron chi connectivity index (χ1n) is 6.97. The highest BCUT2D eigenvalue weighted by molar-refractivity contribution is 5.39. The van der Waals surface area contributed by atoms with E-state index in [9.17, 15) is 13.2 Å². The van der Waals surface area contributed by atoms with Gasteiger partial charge in [0.25, 0.3) is 0 Å². The standard InChI is InChI=1S/C14H20F3N3/c1-11(10-20-7-3-2-4-8-20)19-13-9-12(5-6-18-13)14(15,16)17/h5-6,9,11H,2-4,7-8,10H2,1H3,(H,18,19). The number of rotatable bonds is 4. The Kier molecular flexibility index (Phi) is 4.86. The van der Waals surface area contributed by atoms with Crippen molar-refractivity contribution in [2.45, 2.75) is 38.4 Å². The topological polar surface area (TPSA) is 28.2 Å². The van der Waals surface area contributed by atoms with Crippen molar-refractivity contribution in [2.24, 2.45) is 0 Å². The van der Waals surface area contributed by atoms with Crippen molar-refractivity contribution in [3.05, 3.63) is 23.9 Å². The molecule has 1 unspecified atom stereocenters. The Hall–Kier alpha value is -1.30. The highest BCUT2D eigenvalue weighted by Gasteiger charge is 2.30. The largest absolute Gasteiger partial charge is 0.416 e. The molecule has 0 spiro atoms. The third-order valence-corrected chi connectivity index (χ3v) is 3.46. The fourth-order valence-electron chi connectivity index (χ4n) is 2.51. The van der Waals surface area contributed by atoms with Gasteiger partial charge in [0.15, 0.2) is 0 Å². The number of pyridine rings is 1. The maximum atomic E-state index is 12.6. The van der Waals surface area contributed by atoms with Crippen molar-refractivity contribution < 1.29 is 13.2 Å². The minimum atomic E-state index is -4.32. The number of piperidine rings is 1. The number of likely N-dealkylation sites (tertiary alicyclic amines) is 1. The van der Waals surface area contributed by atoms with Crippen molar-refractivity contribution in [1.82, 2.24) is 9.88 Å². The van der Waals surface area contributed by atoms with E-state index < -0.39 is 11.7 Å². The predicted molar refractivity (Wildman–Crippen MR) is 72.6 cm³/mol. The Morgan fingerprint density at radius 3 is 2.65 bits per heavy atom. The Balaban J connectivity index is 1.92. The van der Waals surface area contributed by atoms with Crippen LogP contribution >= 0.6 is 0 Å². The lowest BCUT2D eigenvalue weighted by Gasteiger charge is -2.29. The first-order valence-corrected chi connectivity index (χ1v) is 6.97. The fraction of sp³-hybridized carbons (Fsp3) is 0.643. The highest BCUT2D eigenvalue weighted by atomic mass is 19.4. The molecule has 112 valence electrons. The molecule has 0 aromatic carbocycles. The molecule has 1 aliphatic heterocycles. The van der Waals surface area contributed by atoms with Gasteiger partial charge in [-0.1, -0.05) is 6.42 Å². The first-order chi connectivity index (χ1) is 9.45. The summed E-state index contributed by atoms with van der Waals surface area (Å²) in [5, 5.41) is 3.05. The number of nitrogens with one attached hydrogen (secondary N) is 1. The second-order valence-corrected chi connectivity index (χ2v) is 5.33. The second-order valence-electron chi connectivity index (χ2n) is 5.33. The van der Waals surface area contributed by atoms with Crippen LogP contribution in [0.1, 0.15) is 31.7 Å². The number of hydrogen-bond acceptors (Lipinski definition) is 3. The van der Waals surface area contributed by atoms with E-state index in [2.05, 4.69) is 15.2 Å². The lowest BCUT2D eigenvalue weighted by Crippen LogP contribution is -2.38. The molecule has 0 bridgehead atoms. The molecule has 1 N–H and O–H groups in total. The van der Waals surface area contributed by atoms with Gasteiger partial charge < -0.3 is 10.2 Å². The molecule has 1 atom stereocenters. The normalized spacial score (nSPS) is 18.8. The monoisotopic (exact) mass is 287 g/mol. The molecule has 6 heteroatoms. The molecule has 0 radical (unpaired) electrons. The maximum absolute atomic E-state index is 12.6. The van der Waals surface area contributed by atoms with Crippen LogP contribution in [0.4, 0.5) is 19.0 Å². The van der Waals surface area contributed by atoms with Crippen LogP contribution in [0.15, 0.2) is 18.3 Å². The zero-order valence-corrected chi connectivity index (χ0v) is 11.6. The van der Waals surface area contributed by atoms with E-state index in [4.69, 9.17) is 0 Å². The summed E-state index contributed by atoms with van der Waals surface area (Å²) in [6.45, 7) is 4.94. The smallest absolute Gasteiger partial charge is 0.366 e. The number of anilines is 1. The van der Waals surface area contributed by atoms with Crippen LogP contribution in [0.2, 0.25) is 0 Å². The summed E-state index contributed by atoms with van der Waals surface area (Å²) in [7, 11) is 0. The third-order valence-electron chi connectivity index (χ3n) is 3.46. The minimum Gasteiger partial charge on any atom is -0.366 e. The molecule has 0 saturated carbocycles. The van der Waals surface area contributed by atoms with E-state index in [1.165, 1.54) is 25.5 Å². The van der Waals surface area contributed by atoms with E-state index in [0.717, 1.165) is 31.8 Å². The van der Waals surface area contributed by atoms with Gasteiger partial charge in [0, 0.05) is 18.8 Å². The summed E-state index contributed by atoms with van der Waals surface area (Å²) >= 11 is 0. The highest BCUT2D eigenvalue weighted by Crippen LogP contribution is 2.30. The number of hydrogen-bond donors (Lipinski definition) is 1. The van der Waals surface area contributed by atoms with Crippen LogP contribution in [0.3, 0.4) is 0 Å². The van der Waals surface area contributed by atoms with Crippen LogP contribution in [-0.4, -0.2) is 35.6 Å². The predicted octanol–water partition coefficient (Wildman–Crippen LogP) is 3.39. The lowest BCUT2D eigenvalue weighted by molar-refractivity contribution is -0.137. The third kappa shape index (κ3) is 4.37. The fourth-order valence-corrected chi connectivity index (χ4v) is 2.51. The summed E-state index contributed by atoms with van der Waals surface area (Å²) in [5.74, 6) is 0.282. The van der Waals surface area contributed by atoms with Gasteiger partial charge in [0.2, 0.25) is 0 Å². The van der Waals surface area contributed by atoms with Gasteiger partial charge in [0.05, 0.1) is 5.56 Å². The Morgan fingerprint density at radius 2 is 2.00 bits per heavy atom. The number of halogens is 3. The quantitative estimate of drug-likeness (QED) is 0.920. The average molecular weight is 287 g/mol. The van der Waals surface area contributed by atoms with E-state index in [0.29, 0.717) is 0 Å². The minimum absolute atomic E-state index is 0.0732. The molecule has 0 aliphatic carbocycles. The van der Waals surface area contributed by atoms with E-state index in [1.807, 2.05) is 6.92 Å². The number of nitrogens with zero attached hydrogens (tertiary/aromatic N) is 2. The zero-order valence-electron chi connectivity index (χ0n) is 11.6. The molecule has 1 aromatic rings.